The molecular formula is C27H32N2O6. The standard InChI is InChI=1S/C27H32N2O6/c1-17-9-18(2)15-29(14-17)26(30)13-21(19-5-6-22-23(10-19)35-16-34-22)27-24(32-4)11-20(31-3)12-25(27)33-8-7-28/h5-6,10-12,17-18,21H,8-9,13-16H2,1-4H3. The molecule has 2 aliphatic rings. The lowest BCUT2D eigenvalue weighted by atomic mass is 9.85. The summed E-state index contributed by atoms with van der Waals surface area (Å²) in [6.45, 7) is 5.88. The van der Waals surface area contributed by atoms with Crippen molar-refractivity contribution in [3.05, 3.63) is 41.5 Å². The number of nitriles is 1. The van der Waals surface area contributed by atoms with E-state index in [1.54, 1.807) is 26.4 Å². The van der Waals surface area contributed by atoms with Crippen LogP contribution in [0.25, 0.3) is 0 Å². The summed E-state index contributed by atoms with van der Waals surface area (Å²) in [7, 11) is 3.12. The van der Waals surface area contributed by atoms with Crippen molar-refractivity contribution in [1.82, 2.24) is 4.90 Å². The van der Waals surface area contributed by atoms with Gasteiger partial charge in [-0.05, 0) is 36.0 Å². The molecule has 1 fully saturated rings. The van der Waals surface area contributed by atoms with Gasteiger partial charge in [-0.25, -0.2) is 0 Å². The summed E-state index contributed by atoms with van der Waals surface area (Å²) in [6.07, 6.45) is 1.33. The van der Waals surface area contributed by atoms with Gasteiger partial charge in [-0.2, -0.15) is 5.26 Å². The van der Waals surface area contributed by atoms with Crippen molar-refractivity contribution in [1.29, 1.82) is 5.26 Å². The molecule has 0 spiro atoms. The van der Waals surface area contributed by atoms with Crippen LogP contribution in [-0.2, 0) is 4.79 Å². The molecule has 0 bridgehead atoms. The van der Waals surface area contributed by atoms with Gasteiger partial charge in [-0.3, -0.25) is 4.79 Å². The quantitative estimate of drug-likeness (QED) is 0.554. The Morgan fingerprint density at radius 2 is 1.80 bits per heavy atom. The van der Waals surface area contributed by atoms with E-state index in [9.17, 15) is 4.79 Å². The topological polar surface area (TPSA) is 90.2 Å². The van der Waals surface area contributed by atoms with E-state index in [0.29, 0.717) is 46.1 Å². The molecule has 0 aliphatic carbocycles. The molecule has 0 N–H and O–H groups in total. The predicted molar refractivity (Wildman–Crippen MR) is 129 cm³/mol. The fourth-order valence-corrected chi connectivity index (χ4v) is 5.12. The zero-order valence-electron chi connectivity index (χ0n) is 20.7. The second-order valence-corrected chi connectivity index (χ2v) is 9.30. The number of hydrogen-bond donors (Lipinski definition) is 0. The van der Waals surface area contributed by atoms with Crippen LogP contribution in [0.5, 0.6) is 28.7 Å². The zero-order chi connectivity index (χ0) is 24.9. The number of fused-ring (bicyclic) bond motifs is 1. The number of nitrogens with zero attached hydrogens (tertiary/aromatic N) is 2. The van der Waals surface area contributed by atoms with Gasteiger partial charge in [0.1, 0.15) is 23.3 Å². The number of benzene rings is 2. The first-order valence-electron chi connectivity index (χ1n) is 11.9. The van der Waals surface area contributed by atoms with Gasteiger partial charge < -0.3 is 28.6 Å². The van der Waals surface area contributed by atoms with Crippen molar-refractivity contribution < 1.29 is 28.5 Å². The Morgan fingerprint density at radius 3 is 2.49 bits per heavy atom. The maximum absolute atomic E-state index is 13.6. The highest BCUT2D eigenvalue weighted by atomic mass is 16.7. The molecule has 2 aliphatic heterocycles. The van der Waals surface area contributed by atoms with Gasteiger partial charge in [0.15, 0.2) is 18.1 Å². The molecule has 8 nitrogen and oxygen atoms in total. The van der Waals surface area contributed by atoms with Gasteiger partial charge in [0.25, 0.3) is 0 Å². The minimum atomic E-state index is -0.404. The molecule has 2 heterocycles. The highest BCUT2D eigenvalue weighted by molar-refractivity contribution is 5.79. The van der Waals surface area contributed by atoms with Crippen molar-refractivity contribution in [3.8, 4) is 34.8 Å². The largest absolute Gasteiger partial charge is 0.496 e. The third kappa shape index (κ3) is 5.40. The maximum Gasteiger partial charge on any atom is 0.231 e. The van der Waals surface area contributed by atoms with Crippen LogP contribution in [0.2, 0.25) is 0 Å². The molecule has 186 valence electrons. The van der Waals surface area contributed by atoms with Gasteiger partial charge in [0.2, 0.25) is 12.7 Å². The molecule has 8 heteroatoms. The summed E-state index contributed by atoms with van der Waals surface area (Å²) < 4.78 is 28.1. The van der Waals surface area contributed by atoms with E-state index in [1.807, 2.05) is 29.2 Å². The SMILES string of the molecule is COc1cc(OC)c(C(CC(=O)N2CC(C)CC(C)C2)c2ccc3c(c2)OCO3)c(OCC#N)c1. The summed E-state index contributed by atoms with van der Waals surface area (Å²) in [5, 5.41) is 9.17. The first kappa shape index (κ1) is 24.5. The number of carbonyl (C=O) groups excluding carboxylic acids is 1. The van der Waals surface area contributed by atoms with Crippen LogP contribution < -0.4 is 23.7 Å². The summed E-state index contributed by atoms with van der Waals surface area (Å²) in [6, 6.07) is 11.2. The van der Waals surface area contributed by atoms with Crippen LogP contribution in [0, 0.1) is 23.2 Å². The average Bonchev–Trinajstić information content (AvgIpc) is 3.32. The van der Waals surface area contributed by atoms with E-state index in [1.165, 1.54) is 0 Å². The second kappa shape index (κ2) is 10.8. The summed E-state index contributed by atoms with van der Waals surface area (Å²) in [5.41, 5.74) is 1.56. The molecule has 4 rings (SSSR count). The third-order valence-corrected chi connectivity index (χ3v) is 6.57. The van der Waals surface area contributed by atoms with Crippen molar-refractivity contribution in [2.75, 3.05) is 40.7 Å². The van der Waals surface area contributed by atoms with E-state index in [2.05, 4.69) is 13.8 Å². The van der Waals surface area contributed by atoms with Crippen LogP contribution in [-0.4, -0.2) is 51.5 Å². The molecule has 1 amide bonds. The second-order valence-electron chi connectivity index (χ2n) is 9.30. The highest BCUT2D eigenvalue weighted by Crippen LogP contribution is 2.46. The van der Waals surface area contributed by atoms with Gasteiger partial charge in [-0.15, -0.1) is 0 Å². The van der Waals surface area contributed by atoms with Crippen LogP contribution in [0.3, 0.4) is 0 Å². The first-order chi connectivity index (χ1) is 16.9. The number of methoxy groups -OCH3 is 2. The van der Waals surface area contributed by atoms with Crippen LogP contribution in [0.4, 0.5) is 0 Å². The summed E-state index contributed by atoms with van der Waals surface area (Å²) in [4.78, 5) is 15.6. The van der Waals surface area contributed by atoms with Crippen molar-refractivity contribution in [2.45, 2.75) is 32.6 Å². The Bertz CT molecular complexity index is 1100. The van der Waals surface area contributed by atoms with Gasteiger partial charge in [0.05, 0.1) is 14.2 Å². The monoisotopic (exact) mass is 480 g/mol. The Hall–Kier alpha value is -3.60. The van der Waals surface area contributed by atoms with E-state index in [-0.39, 0.29) is 25.7 Å². The summed E-state index contributed by atoms with van der Waals surface area (Å²) >= 11 is 0. The van der Waals surface area contributed by atoms with Crippen LogP contribution in [0.1, 0.15) is 43.7 Å². The Balaban J connectivity index is 1.79. The molecule has 1 saturated heterocycles. The van der Waals surface area contributed by atoms with Crippen molar-refractivity contribution in [3.63, 3.8) is 0 Å². The van der Waals surface area contributed by atoms with Gasteiger partial charge in [-0.1, -0.05) is 19.9 Å². The van der Waals surface area contributed by atoms with Gasteiger partial charge >= 0.3 is 0 Å². The normalized spacial score (nSPS) is 19.6. The molecule has 0 saturated carbocycles. The number of carbonyl (C=O) groups is 1. The Morgan fingerprint density at radius 1 is 1.09 bits per heavy atom. The fraction of sp³-hybridized carbons (Fsp3) is 0.481. The summed E-state index contributed by atoms with van der Waals surface area (Å²) in [5.74, 6) is 3.37. The molecule has 2 aromatic rings. The van der Waals surface area contributed by atoms with Crippen LogP contribution in [0.15, 0.2) is 30.3 Å². The third-order valence-electron chi connectivity index (χ3n) is 6.57. The van der Waals surface area contributed by atoms with E-state index >= 15 is 0 Å². The molecule has 0 aromatic heterocycles. The maximum atomic E-state index is 13.6. The lowest BCUT2D eigenvalue weighted by Crippen LogP contribution is -2.43. The average molecular weight is 481 g/mol. The minimum Gasteiger partial charge on any atom is -0.496 e. The number of rotatable bonds is 8. The van der Waals surface area contributed by atoms with Crippen molar-refractivity contribution in [2.24, 2.45) is 11.8 Å². The lowest BCUT2D eigenvalue weighted by Gasteiger charge is -2.36. The van der Waals surface area contributed by atoms with E-state index < -0.39 is 5.92 Å². The number of likely N-dealkylation sites (tertiary alicyclic amines) is 1. The van der Waals surface area contributed by atoms with Crippen molar-refractivity contribution >= 4 is 5.91 Å². The molecule has 0 radical (unpaired) electrons. The first-order valence-corrected chi connectivity index (χ1v) is 11.9. The number of hydrogen-bond acceptors (Lipinski definition) is 7. The van der Waals surface area contributed by atoms with E-state index in [4.69, 9.17) is 28.9 Å². The molecular weight excluding hydrogens is 448 g/mol. The predicted octanol–water partition coefficient (Wildman–Crippen LogP) is 4.36. The molecule has 2 aromatic carbocycles. The van der Waals surface area contributed by atoms with E-state index in [0.717, 1.165) is 25.1 Å². The molecule has 35 heavy (non-hydrogen) atoms. The molecule has 3 atom stereocenters. The number of amides is 1. The smallest absolute Gasteiger partial charge is 0.231 e. The minimum absolute atomic E-state index is 0.0650. The lowest BCUT2D eigenvalue weighted by molar-refractivity contribution is -0.134. The fourth-order valence-electron chi connectivity index (χ4n) is 5.12. The van der Waals surface area contributed by atoms with Crippen LogP contribution >= 0.6 is 0 Å². The number of ether oxygens (including phenoxy) is 5. The molecule has 3 unspecified atom stereocenters. The van der Waals surface area contributed by atoms with Gasteiger partial charge in [0, 0.05) is 43.1 Å². The number of piperidine rings is 1. The zero-order valence-corrected chi connectivity index (χ0v) is 20.7. The Kier molecular flexibility index (Phi) is 7.54. The highest BCUT2D eigenvalue weighted by Gasteiger charge is 2.32. The Labute approximate surface area is 206 Å².